The van der Waals surface area contributed by atoms with Crippen LogP contribution in [0.15, 0.2) is 6.07 Å². The maximum Gasteiger partial charge on any atom is 0.169 e. The minimum atomic E-state index is 0.320. The van der Waals surface area contributed by atoms with Gasteiger partial charge in [-0.2, -0.15) is 5.10 Å². The second-order valence-electron chi connectivity index (χ2n) is 4.09. The minimum Gasteiger partial charge on any atom is -0.396 e. The van der Waals surface area contributed by atoms with E-state index in [1.165, 1.54) is 12.8 Å². The number of hydrogen-bond donors (Lipinski definition) is 3. The van der Waals surface area contributed by atoms with Crippen LogP contribution in [-0.2, 0) is 6.42 Å². The topological polar surface area (TPSA) is 89.8 Å². The van der Waals surface area contributed by atoms with E-state index in [1.807, 2.05) is 6.07 Å². The Kier molecular flexibility index (Phi) is 3.01. The zero-order chi connectivity index (χ0) is 10.7. The van der Waals surface area contributed by atoms with E-state index in [1.54, 1.807) is 0 Å². The zero-order valence-corrected chi connectivity index (χ0v) is 8.74. The molecule has 1 aromatic heterocycles. The van der Waals surface area contributed by atoms with Gasteiger partial charge in [0.25, 0.3) is 0 Å². The molecule has 5 nitrogen and oxygen atoms in total. The van der Waals surface area contributed by atoms with Crippen molar-refractivity contribution in [3.05, 3.63) is 11.8 Å². The predicted molar refractivity (Wildman–Crippen MR) is 60.2 cm³/mol. The normalized spacial score (nSPS) is 21.5. The van der Waals surface area contributed by atoms with Crippen LogP contribution in [0.1, 0.15) is 18.5 Å². The standard InChI is InChI=1S/C10H17N5/c11-9-5-8(14-15-10(9)12)4-7-2-1-3-13-6-7/h5,7,13H,1-4,6H2,(H2,11,14)(H2,12,15). The van der Waals surface area contributed by atoms with Gasteiger partial charge in [0.05, 0.1) is 11.4 Å². The summed E-state index contributed by atoms with van der Waals surface area (Å²) < 4.78 is 0. The third-order valence-electron chi connectivity index (χ3n) is 2.80. The van der Waals surface area contributed by atoms with Crippen LogP contribution >= 0.6 is 0 Å². The summed E-state index contributed by atoms with van der Waals surface area (Å²) >= 11 is 0. The molecule has 0 saturated carbocycles. The van der Waals surface area contributed by atoms with Gasteiger partial charge in [-0.1, -0.05) is 0 Å². The molecular formula is C10H17N5. The van der Waals surface area contributed by atoms with E-state index >= 15 is 0 Å². The average Bonchev–Trinajstić information content (AvgIpc) is 2.25. The lowest BCUT2D eigenvalue weighted by Gasteiger charge is -2.22. The highest BCUT2D eigenvalue weighted by atomic mass is 15.1. The zero-order valence-electron chi connectivity index (χ0n) is 8.74. The Morgan fingerprint density at radius 3 is 2.93 bits per heavy atom. The third kappa shape index (κ3) is 2.56. The summed E-state index contributed by atoms with van der Waals surface area (Å²) in [5.41, 5.74) is 12.7. The number of nitrogens with one attached hydrogen (secondary N) is 1. The summed E-state index contributed by atoms with van der Waals surface area (Å²) in [6, 6.07) is 1.83. The predicted octanol–water partition coefficient (Wildman–Crippen LogP) is 0.183. The van der Waals surface area contributed by atoms with Gasteiger partial charge in [-0.25, -0.2) is 0 Å². The quantitative estimate of drug-likeness (QED) is 0.643. The van der Waals surface area contributed by atoms with Gasteiger partial charge in [0, 0.05) is 0 Å². The smallest absolute Gasteiger partial charge is 0.169 e. The molecule has 15 heavy (non-hydrogen) atoms. The van der Waals surface area contributed by atoms with Crippen LogP contribution in [0.3, 0.4) is 0 Å². The molecule has 1 saturated heterocycles. The van der Waals surface area contributed by atoms with Crippen LogP contribution in [0.4, 0.5) is 11.5 Å². The molecule has 0 bridgehead atoms. The van der Waals surface area contributed by atoms with Crippen LogP contribution in [-0.4, -0.2) is 23.3 Å². The molecule has 1 fully saturated rings. The van der Waals surface area contributed by atoms with Crippen molar-refractivity contribution in [1.82, 2.24) is 15.5 Å². The number of nitrogens with zero attached hydrogens (tertiary/aromatic N) is 2. The van der Waals surface area contributed by atoms with Crippen LogP contribution in [0.2, 0.25) is 0 Å². The van der Waals surface area contributed by atoms with Crippen LogP contribution in [0, 0.1) is 5.92 Å². The van der Waals surface area contributed by atoms with Crippen molar-refractivity contribution in [3.8, 4) is 0 Å². The van der Waals surface area contributed by atoms with Crippen molar-refractivity contribution in [2.45, 2.75) is 19.3 Å². The molecule has 0 radical (unpaired) electrons. The molecule has 0 spiro atoms. The second kappa shape index (κ2) is 4.44. The van der Waals surface area contributed by atoms with Gasteiger partial charge in [0.2, 0.25) is 0 Å². The van der Waals surface area contributed by atoms with Crippen molar-refractivity contribution in [2.24, 2.45) is 5.92 Å². The number of nitrogen functional groups attached to an aromatic ring is 2. The lowest BCUT2D eigenvalue weighted by atomic mass is 9.94. The second-order valence-corrected chi connectivity index (χ2v) is 4.09. The fraction of sp³-hybridized carbons (Fsp3) is 0.600. The molecule has 0 aliphatic carbocycles. The number of rotatable bonds is 2. The van der Waals surface area contributed by atoms with E-state index in [9.17, 15) is 0 Å². The highest BCUT2D eigenvalue weighted by molar-refractivity contribution is 5.57. The molecule has 1 aromatic rings. The molecule has 82 valence electrons. The molecule has 0 amide bonds. The van der Waals surface area contributed by atoms with Crippen molar-refractivity contribution < 1.29 is 0 Å². The maximum absolute atomic E-state index is 5.68. The van der Waals surface area contributed by atoms with Gasteiger partial charge in [0.15, 0.2) is 5.82 Å². The number of aromatic nitrogens is 2. The Labute approximate surface area is 89.3 Å². The van der Waals surface area contributed by atoms with E-state index in [0.717, 1.165) is 25.2 Å². The molecular weight excluding hydrogens is 190 g/mol. The number of anilines is 2. The molecule has 1 aliphatic heterocycles. The van der Waals surface area contributed by atoms with Gasteiger partial charge in [-0.3, -0.25) is 0 Å². The van der Waals surface area contributed by atoms with E-state index < -0.39 is 0 Å². The van der Waals surface area contributed by atoms with Gasteiger partial charge in [-0.05, 0) is 44.3 Å². The number of piperidine rings is 1. The Morgan fingerprint density at radius 1 is 1.40 bits per heavy atom. The van der Waals surface area contributed by atoms with Crippen molar-refractivity contribution in [2.75, 3.05) is 24.6 Å². The molecule has 5 N–H and O–H groups in total. The van der Waals surface area contributed by atoms with E-state index in [-0.39, 0.29) is 0 Å². The molecule has 2 heterocycles. The Bertz CT molecular complexity index is 333. The lowest BCUT2D eigenvalue weighted by molar-refractivity contribution is 0.373. The molecule has 0 aromatic carbocycles. The van der Waals surface area contributed by atoms with Crippen LogP contribution in [0.25, 0.3) is 0 Å². The first-order valence-corrected chi connectivity index (χ1v) is 5.34. The maximum atomic E-state index is 5.68. The molecule has 2 rings (SSSR count). The van der Waals surface area contributed by atoms with Crippen LogP contribution < -0.4 is 16.8 Å². The van der Waals surface area contributed by atoms with Gasteiger partial charge in [0.1, 0.15) is 0 Å². The van der Waals surface area contributed by atoms with Crippen molar-refractivity contribution >= 4 is 11.5 Å². The fourth-order valence-corrected chi connectivity index (χ4v) is 1.95. The summed E-state index contributed by atoms with van der Waals surface area (Å²) in [6.07, 6.45) is 3.42. The minimum absolute atomic E-state index is 0.320. The fourth-order valence-electron chi connectivity index (χ4n) is 1.95. The van der Waals surface area contributed by atoms with E-state index in [0.29, 0.717) is 17.4 Å². The summed E-state index contributed by atoms with van der Waals surface area (Å²) in [5, 5.41) is 11.3. The summed E-state index contributed by atoms with van der Waals surface area (Å²) in [4.78, 5) is 0. The number of hydrogen-bond acceptors (Lipinski definition) is 5. The summed E-state index contributed by atoms with van der Waals surface area (Å²) in [5.74, 6) is 0.969. The molecule has 1 unspecified atom stereocenters. The first-order valence-electron chi connectivity index (χ1n) is 5.34. The number of nitrogens with two attached hydrogens (primary N) is 2. The van der Waals surface area contributed by atoms with E-state index in [4.69, 9.17) is 11.5 Å². The monoisotopic (exact) mass is 207 g/mol. The first kappa shape index (κ1) is 10.2. The van der Waals surface area contributed by atoms with Crippen molar-refractivity contribution in [3.63, 3.8) is 0 Å². The summed E-state index contributed by atoms with van der Waals surface area (Å²) in [7, 11) is 0. The molecule has 5 heteroatoms. The lowest BCUT2D eigenvalue weighted by Crippen LogP contribution is -2.31. The highest BCUT2D eigenvalue weighted by Gasteiger charge is 2.14. The van der Waals surface area contributed by atoms with Gasteiger partial charge < -0.3 is 16.8 Å². The largest absolute Gasteiger partial charge is 0.396 e. The third-order valence-corrected chi connectivity index (χ3v) is 2.80. The average molecular weight is 207 g/mol. The SMILES string of the molecule is Nc1cc(CC2CCCNC2)nnc1N. The van der Waals surface area contributed by atoms with Crippen LogP contribution in [0.5, 0.6) is 0 Å². The molecule has 1 aliphatic rings. The Balaban J connectivity index is 2.00. The van der Waals surface area contributed by atoms with Crippen molar-refractivity contribution in [1.29, 1.82) is 0 Å². The highest BCUT2D eigenvalue weighted by Crippen LogP contribution is 2.17. The van der Waals surface area contributed by atoms with Gasteiger partial charge >= 0.3 is 0 Å². The first-order chi connectivity index (χ1) is 7.25. The Hall–Kier alpha value is -1.36. The van der Waals surface area contributed by atoms with E-state index in [2.05, 4.69) is 15.5 Å². The Morgan fingerprint density at radius 2 is 2.27 bits per heavy atom. The van der Waals surface area contributed by atoms with Gasteiger partial charge in [-0.15, -0.1) is 5.10 Å². The summed E-state index contributed by atoms with van der Waals surface area (Å²) in [6.45, 7) is 2.19. The molecule has 1 atom stereocenters.